The SMILES string of the molecule is O=C1CCCCC[C@H]1Sc1nnc(-c2cccs2)o1. The number of hydrogen-bond acceptors (Lipinski definition) is 6. The quantitative estimate of drug-likeness (QED) is 0.806. The fourth-order valence-corrected chi connectivity index (χ4v) is 3.77. The number of thioether (sulfide) groups is 1. The summed E-state index contributed by atoms with van der Waals surface area (Å²) in [4.78, 5) is 12.9. The minimum absolute atomic E-state index is 0.0147. The number of Topliss-reactive ketones (excluding diaryl/α,β-unsaturated/α-hetero) is 1. The van der Waals surface area contributed by atoms with Crippen LogP contribution in [0.1, 0.15) is 32.1 Å². The third-order valence-corrected chi connectivity index (χ3v) is 5.14. The van der Waals surface area contributed by atoms with E-state index in [0.717, 1.165) is 30.6 Å². The molecule has 0 spiro atoms. The predicted octanol–water partition coefficient (Wildman–Crippen LogP) is 3.79. The van der Waals surface area contributed by atoms with Gasteiger partial charge in [0.2, 0.25) is 0 Å². The Balaban J connectivity index is 1.71. The summed E-state index contributed by atoms with van der Waals surface area (Å²) < 4.78 is 5.62. The van der Waals surface area contributed by atoms with Crippen molar-refractivity contribution >= 4 is 28.9 Å². The van der Waals surface area contributed by atoms with Crippen LogP contribution in [0.3, 0.4) is 0 Å². The number of ketones is 1. The van der Waals surface area contributed by atoms with Crippen molar-refractivity contribution in [3.05, 3.63) is 17.5 Å². The molecule has 1 aliphatic rings. The van der Waals surface area contributed by atoms with Gasteiger partial charge in [0.05, 0.1) is 10.1 Å². The summed E-state index contributed by atoms with van der Waals surface area (Å²) in [6.07, 6.45) is 4.87. The molecule has 1 saturated carbocycles. The van der Waals surface area contributed by atoms with Crippen molar-refractivity contribution in [2.45, 2.75) is 42.6 Å². The van der Waals surface area contributed by atoms with Crippen LogP contribution in [0.4, 0.5) is 0 Å². The van der Waals surface area contributed by atoms with Crippen molar-refractivity contribution in [1.82, 2.24) is 10.2 Å². The molecule has 0 saturated heterocycles. The van der Waals surface area contributed by atoms with Gasteiger partial charge < -0.3 is 4.42 Å². The van der Waals surface area contributed by atoms with Crippen LogP contribution in [0.2, 0.25) is 0 Å². The van der Waals surface area contributed by atoms with Crippen molar-refractivity contribution < 1.29 is 9.21 Å². The molecule has 0 bridgehead atoms. The molecule has 2 aromatic heterocycles. The van der Waals surface area contributed by atoms with E-state index in [4.69, 9.17) is 4.42 Å². The Hall–Kier alpha value is -1.14. The normalized spacial score (nSPS) is 20.4. The molecule has 0 radical (unpaired) electrons. The Morgan fingerprint density at radius 3 is 3.11 bits per heavy atom. The van der Waals surface area contributed by atoms with Crippen molar-refractivity contribution in [1.29, 1.82) is 0 Å². The summed E-state index contributed by atoms with van der Waals surface area (Å²) in [5.41, 5.74) is 0. The molecule has 4 nitrogen and oxygen atoms in total. The highest BCUT2D eigenvalue weighted by Gasteiger charge is 2.24. The maximum Gasteiger partial charge on any atom is 0.277 e. The van der Waals surface area contributed by atoms with Gasteiger partial charge in [0, 0.05) is 6.42 Å². The van der Waals surface area contributed by atoms with Gasteiger partial charge in [-0.3, -0.25) is 4.79 Å². The van der Waals surface area contributed by atoms with Gasteiger partial charge in [-0.25, -0.2) is 0 Å². The molecular formula is C13H14N2O2S2. The van der Waals surface area contributed by atoms with Crippen LogP contribution < -0.4 is 0 Å². The van der Waals surface area contributed by atoms with E-state index < -0.39 is 0 Å². The van der Waals surface area contributed by atoms with Gasteiger partial charge in [0.1, 0.15) is 5.78 Å². The minimum atomic E-state index is -0.0147. The smallest absolute Gasteiger partial charge is 0.277 e. The molecule has 0 aromatic carbocycles. The van der Waals surface area contributed by atoms with Gasteiger partial charge in [0.25, 0.3) is 11.1 Å². The Morgan fingerprint density at radius 1 is 1.32 bits per heavy atom. The van der Waals surface area contributed by atoms with Crippen molar-refractivity contribution in [3.8, 4) is 10.8 Å². The van der Waals surface area contributed by atoms with Crippen LogP contribution in [-0.2, 0) is 4.79 Å². The summed E-state index contributed by atoms with van der Waals surface area (Å²) in [5, 5.41) is 10.5. The second-order valence-electron chi connectivity index (χ2n) is 4.52. The summed E-state index contributed by atoms with van der Waals surface area (Å²) in [5.74, 6) is 0.858. The van der Waals surface area contributed by atoms with E-state index in [1.807, 2.05) is 17.5 Å². The van der Waals surface area contributed by atoms with E-state index in [0.29, 0.717) is 23.3 Å². The van der Waals surface area contributed by atoms with E-state index in [2.05, 4.69) is 10.2 Å². The molecule has 1 atom stereocenters. The predicted molar refractivity (Wildman–Crippen MR) is 75.3 cm³/mol. The Kier molecular flexibility index (Phi) is 3.98. The van der Waals surface area contributed by atoms with Gasteiger partial charge in [-0.2, -0.15) is 0 Å². The number of hydrogen-bond donors (Lipinski definition) is 0. The van der Waals surface area contributed by atoms with Gasteiger partial charge >= 0.3 is 0 Å². The topological polar surface area (TPSA) is 56.0 Å². The lowest BCUT2D eigenvalue weighted by molar-refractivity contribution is -0.118. The first-order valence-electron chi connectivity index (χ1n) is 6.40. The third kappa shape index (κ3) is 3.06. The lowest BCUT2D eigenvalue weighted by atomic mass is 10.2. The number of carbonyl (C=O) groups is 1. The van der Waals surface area contributed by atoms with Crippen LogP contribution in [0, 0.1) is 0 Å². The molecule has 6 heteroatoms. The average Bonchev–Trinajstić information content (AvgIpc) is 3.03. The lowest BCUT2D eigenvalue weighted by Crippen LogP contribution is -2.14. The zero-order chi connectivity index (χ0) is 13.1. The van der Waals surface area contributed by atoms with Crippen molar-refractivity contribution in [3.63, 3.8) is 0 Å². The Labute approximate surface area is 119 Å². The molecule has 19 heavy (non-hydrogen) atoms. The number of thiophene rings is 1. The summed E-state index contributed by atoms with van der Waals surface area (Å²) in [6, 6.07) is 3.90. The van der Waals surface area contributed by atoms with E-state index in [9.17, 15) is 4.79 Å². The van der Waals surface area contributed by atoms with Crippen LogP contribution >= 0.6 is 23.1 Å². The molecule has 1 aliphatic carbocycles. The maximum atomic E-state index is 11.9. The number of rotatable bonds is 3. The van der Waals surface area contributed by atoms with Crippen molar-refractivity contribution in [2.24, 2.45) is 0 Å². The van der Waals surface area contributed by atoms with E-state index >= 15 is 0 Å². The minimum Gasteiger partial charge on any atom is -0.410 e. The molecule has 0 N–H and O–H groups in total. The number of nitrogens with zero attached hydrogens (tertiary/aromatic N) is 2. The summed E-state index contributed by atoms with van der Waals surface area (Å²) >= 11 is 2.99. The summed E-state index contributed by atoms with van der Waals surface area (Å²) in [6.45, 7) is 0. The third-order valence-electron chi connectivity index (χ3n) is 3.13. The average molecular weight is 294 g/mol. The van der Waals surface area contributed by atoms with E-state index in [-0.39, 0.29) is 5.25 Å². The zero-order valence-electron chi connectivity index (χ0n) is 10.4. The molecule has 100 valence electrons. The van der Waals surface area contributed by atoms with Crippen molar-refractivity contribution in [2.75, 3.05) is 0 Å². The molecule has 0 aliphatic heterocycles. The van der Waals surface area contributed by atoms with Crippen LogP contribution in [-0.4, -0.2) is 21.2 Å². The zero-order valence-corrected chi connectivity index (χ0v) is 12.0. The molecule has 0 amide bonds. The molecule has 2 heterocycles. The van der Waals surface area contributed by atoms with E-state index in [1.54, 1.807) is 11.3 Å². The summed E-state index contributed by atoms with van der Waals surface area (Å²) in [7, 11) is 0. The molecule has 0 unspecified atom stereocenters. The standard InChI is InChI=1S/C13H14N2O2S2/c16-9-5-2-1-3-6-10(9)19-13-15-14-12(17-13)11-7-4-8-18-11/h4,7-8,10H,1-3,5-6H2/t10-/m1/s1. The molecular weight excluding hydrogens is 280 g/mol. The maximum absolute atomic E-state index is 11.9. The molecule has 1 fully saturated rings. The second-order valence-corrected chi connectivity index (χ2v) is 6.62. The number of carbonyl (C=O) groups excluding carboxylic acids is 1. The second kappa shape index (κ2) is 5.88. The van der Waals surface area contributed by atoms with Gasteiger partial charge in [-0.1, -0.05) is 30.7 Å². The van der Waals surface area contributed by atoms with Crippen LogP contribution in [0.5, 0.6) is 0 Å². The molecule has 3 rings (SSSR count). The Morgan fingerprint density at radius 2 is 2.26 bits per heavy atom. The fraction of sp³-hybridized carbons (Fsp3) is 0.462. The highest BCUT2D eigenvalue weighted by molar-refractivity contribution is 8.00. The first kappa shape index (κ1) is 12.9. The highest BCUT2D eigenvalue weighted by atomic mass is 32.2. The first-order chi connectivity index (χ1) is 9.33. The van der Waals surface area contributed by atoms with Crippen LogP contribution in [0.25, 0.3) is 10.8 Å². The monoisotopic (exact) mass is 294 g/mol. The van der Waals surface area contributed by atoms with Crippen LogP contribution in [0.15, 0.2) is 27.2 Å². The van der Waals surface area contributed by atoms with E-state index in [1.165, 1.54) is 11.8 Å². The highest BCUT2D eigenvalue weighted by Crippen LogP contribution is 2.32. The Bertz CT molecular complexity index is 551. The first-order valence-corrected chi connectivity index (χ1v) is 8.15. The van der Waals surface area contributed by atoms with Gasteiger partial charge in [-0.15, -0.1) is 21.5 Å². The largest absolute Gasteiger partial charge is 0.410 e. The molecule has 2 aromatic rings. The van der Waals surface area contributed by atoms with Gasteiger partial charge in [0.15, 0.2) is 0 Å². The fourth-order valence-electron chi connectivity index (χ4n) is 2.13. The number of aromatic nitrogens is 2. The van der Waals surface area contributed by atoms with Gasteiger partial charge in [-0.05, 0) is 24.3 Å². The lowest BCUT2D eigenvalue weighted by Gasteiger charge is -2.08.